The van der Waals surface area contributed by atoms with Gasteiger partial charge in [-0.2, -0.15) is 0 Å². The summed E-state index contributed by atoms with van der Waals surface area (Å²) in [6.45, 7) is 5.61. The second-order valence-electron chi connectivity index (χ2n) is 4.46. The van der Waals surface area contributed by atoms with Crippen molar-refractivity contribution in [2.45, 2.75) is 20.8 Å². The molecule has 2 heterocycles. The third-order valence-corrected chi connectivity index (χ3v) is 4.25. The number of hydrogen-bond donors (Lipinski definition) is 2. The van der Waals surface area contributed by atoms with E-state index in [-0.39, 0.29) is 30.3 Å². The van der Waals surface area contributed by atoms with Crippen LogP contribution in [0, 0.1) is 6.92 Å². The van der Waals surface area contributed by atoms with Gasteiger partial charge in [0.05, 0.1) is 18.9 Å². The van der Waals surface area contributed by atoms with Gasteiger partial charge in [-0.1, -0.05) is 0 Å². The standard InChI is InChI=1S/C14H17N3O4S/c1-4-20-13(18)8-9(15)7-6(3)10(14(19)21-5-2)22-12(7)17-11(8)16/h4-5H2,1-3H3,(H4,15,16,17). The highest BCUT2D eigenvalue weighted by atomic mass is 32.1. The fourth-order valence-corrected chi connectivity index (χ4v) is 3.23. The molecule has 7 nitrogen and oxygen atoms in total. The minimum absolute atomic E-state index is 0.0138. The number of pyridine rings is 1. The average molecular weight is 323 g/mol. The number of esters is 2. The van der Waals surface area contributed by atoms with Gasteiger partial charge in [0.1, 0.15) is 21.1 Å². The maximum Gasteiger partial charge on any atom is 0.348 e. The number of aryl methyl sites for hydroxylation is 1. The van der Waals surface area contributed by atoms with E-state index in [1.165, 1.54) is 0 Å². The van der Waals surface area contributed by atoms with Gasteiger partial charge in [-0.25, -0.2) is 14.6 Å². The summed E-state index contributed by atoms with van der Waals surface area (Å²) in [7, 11) is 0. The van der Waals surface area contributed by atoms with Gasteiger partial charge in [0, 0.05) is 5.39 Å². The molecule has 2 aromatic rings. The van der Waals surface area contributed by atoms with Crippen molar-refractivity contribution >= 4 is 45.0 Å². The largest absolute Gasteiger partial charge is 0.462 e. The molecule has 0 radical (unpaired) electrons. The number of fused-ring (bicyclic) bond motifs is 1. The van der Waals surface area contributed by atoms with Gasteiger partial charge in [-0.05, 0) is 26.3 Å². The number of anilines is 2. The minimum atomic E-state index is -0.629. The Balaban J connectivity index is 2.67. The van der Waals surface area contributed by atoms with E-state index in [1.54, 1.807) is 20.8 Å². The zero-order valence-electron chi connectivity index (χ0n) is 12.6. The minimum Gasteiger partial charge on any atom is -0.462 e. The average Bonchev–Trinajstić information content (AvgIpc) is 2.76. The number of nitrogens with two attached hydrogens (primary N) is 2. The van der Waals surface area contributed by atoms with Gasteiger partial charge in [0.2, 0.25) is 0 Å². The van der Waals surface area contributed by atoms with Crippen LogP contribution in [0.5, 0.6) is 0 Å². The Bertz CT molecular complexity index is 754. The predicted octanol–water partition coefficient (Wildman–Crippen LogP) is 2.12. The van der Waals surface area contributed by atoms with Crippen molar-refractivity contribution in [3.05, 3.63) is 16.0 Å². The third-order valence-electron chi connectivity index (χ3n) is 3.09. The van der Waals surface area contributed by atoms with Gasteiger partial charge in [0.25, 0.3) is 0 Å². The highest BCUT2D eigenvalue weighted by Crippen LogP contribution is 2.37. The smallest absolute Gasteiger partial charge is 0.348 e. The summed E-state index contributed by atoms with van der Waals surface area (Å²) in [5, 5.41) is 0.533. The Hall–Kier alpha value is -2.35. The van der Waals surface area contributed by atoms with E-state index in [9.17, 15) is 9.59 Å². The molecule has 118 valence electrons. The number of nitrogen functional groups attached to an aromatic ring is 2. The summed E-state index contributed by atoms with van der Waals surface area (Å²) in [4.78, 5) is 29.0. The first-order chi connectivity index (χ1) is 10.4. The SMILES string of the molecule is CCOC(=O)c1sc2nc(N)c(C(=O)OCC)c(N)c2c1C. The number of rotatable bonds is 4. The number of carbonyl (C=O) groups excluding carboxylic acids is 2. The molecular weight excluding hydrogens is 306 g/mol. The van der Waals surface area contributed by atoms with E-state index in [2.05, 4.69) is 4.98 Å². The normalized spacial score (nSPS) is 10.7. The van der Waals surface area contributed by atoms with Crippen LogP contribution in [-0.4, -0.2) is 30.1 Å². The molecule has 0 unspecified atom stereocenters. The van der Waals surface area contributed by atoms with E-state index >= 15 is 0 Å². The molecule has 4 N–H and O–H groups in total. The molecule has 0 atom stereocenters. The lowest BCUT2D eigenvalue weighted by Gasteiger charge is -2.09. The first kappa shape index (κ1) is 16.0. The van der Waals surface area contributed by atoms with Crippen molar-refractivity contribution < 1.29 is 19.1 Å². The van der Waals surface area contributed by atoms with Crippen LogP contribution >= 0.6 is 11.3 Å². The number of ether oxygens (including phenoxy) is 2. The maximum absolute atomic E-state index is 12.0. The maximum atomic E-state index is 12.0. The second kappa shape index (κ2) is 6.18. The number of aromatic nitrogens is 1. The van der Waals surface area contributed by atoms with E-state index < -0.39 is 11.9 Å². The van der Waals surface area contributed by atoms with Gasteiger partial charge < -0.3 is 20.9 Å². The third kappa shape index (κ3) is 2.57. The van der Waals surface area contributed by atoms with Crippen LogP contribution in [-0.2, 0) is 9.47 Å². The molecule has 0 bridgehead atoms. The zero-order valence-corrected chi connectivity index (χ0v) is 13.4. The first-order valence-electron chi connectivity index (χ1n) is 6.74. The molecule has 0 aliphatic rings. The first-order valence-corrected chi connectivity index (χ1v) is 7.56. The Labute approximate surface area is 131 Å². The molecule has 0 aliphatic heterocycles. The van der Waals surface area contributed by atoms with E-state index in [1.807, 2.05) is 0 Å². The van der Waals surface area contributed by atoms with Gasteiger partial charge in [-0.3, -0.25) is 0 Å². The Morgan fingerprint density at radius 3 is 2.32 bits per heavy atom. The Morgan fingerprint density at radius 1 is 1.14 bits per heavy atom. The molecule has 0 fully saturated rings. The lowest BCUT2D eigenvalue weighted by atomic mass is 10.1. The van der Waals surface area contributed by atoms with Gasteiger partial charge in [0.15, 0.2) is 0 Å². The lowest BCUT2D eigenvalue weighted by Crippen LogP contribution is -2.12. The molecule has 0 aromatic carbocycles. The van der Waals surface area contributed by atoms with Crippen LogP contribution in [0.15, 0.2) is 0 Å². The molecule has 0 saturated carbocycles. The second-order valence-corrected chi connectivity index (χ2v) is 5.46. The van der Waals surface area contributed by atoms with Crippen LogP contribution in [0.25, 0.3) is 10.2 Å². The fraction of sp³-hybridized carbons (Fsp3) is 0.357. The molecule has 0 spiro atoms. The van der Waals surface area contributed by atoms with Crippen molar-refractivity contribution in [2.75, 3.05) is 24.7 Å². The molecule has 22 heavy (non-hydrogen) atoms. The monoisotopic (exact) mass is 323 g/mol. The Kier molecular flexibility index (Phi) is 4.51. The highest BCUT2D eigenvalue weighted by Gasteiger charge is 2.25. The number of nitrogens with zero attached hydrogens (tertiary/aromatic N) is 1. The van der Waals surface area contributed by atoms with Crippen LogP contribution in [0.4, 0.5) is 11.5 Å². The summed E-state index contributed by atoms with van der Waals surface area (Å²) >= 11 is 1.14. The van der Waals surface area contributed by atoms with Crippen molar-refractivity contribution in [1.82, 2.24) is 4.98 Å². The molecule has 0 saturated heterocycles. The van der Waals surface area contributed by atoms with Crippen molar-refractivity contribution in [3.8, 4) is 0 Å². The summed E-state index contributed by atoms with van der Waals surface area (Å²) in [5.74, 6) is -1.09. The molecular formula is C14H17N3O4S. The van der Waals surface area contributed by atoms with Crippen LogP contribution in [0.1, 0.15) is 39.4 Å². The van der Waals surface area contributed by atoms with Gasteiger partial charge >= 0.3 is 11.9 Å². The molecule has 8 heteroatoms. The Morgan fingerprint density at radius 2 is 1.73 bits per heavy atom. The van der Waals surface area contributed by atoms with E-state index in [0.29, 0.717) is 20.7 Å². The van der Waals surface area contributed by atoms with Crippen molar-refractivity contribution in [3.63, 3.8) is 0 Å². The predicted molar refractivity (Wildman–Crippen MR) is 85.1 cm³/mol. The molecule has 0 aliphatic carbocycles. The fourth-order valence-electron chi connectivity index (χ4n) is 2.13. The van der Waals surface area contributed by atoms with E-state index in [0.717, 1.165) is 11.3 Å². The van der Waals surface area contributed by atoms with Crippen LogP contribution < -0.4 is 11.5 Å². The lowest BCUT2D eigenvalue weighted by molar-refractivity contribution is 0.0520. The van der Waals surface area contributed by atoms with Crippen molar-refractivity contribution in [1.29, 1.82) is 0 Å². The zero-order chi connectivity index (χ0) is 16.4. The number of carbonyl (C=O) groups is 2. The molecule has 2 aromatic heterocycles. The van der Waals surface area contributed by atoms with Crippen LogP contribution in [0.2, 0.25) is 0 Å². The molecule has 0 amide bonds. The topological polar surface area (TPSA) is 118 Å². The summed E-state index contributed by atoms with van der Waals surface area (Å²) in [6, 6.07) is 0. The summed E-state index contributed by atoms with van der Waals surface area (Å²) in [5.41, 5.74) is 12.7. The summed E-state index contributed by atoms with van der Waals surface area (Å²) < 4.78 is 9.95. The molecule has 2 rings (SSSR count). The quantitative estimate of drug-likeness (QED) is 0.827. The number of thiophene rings is 1. The van der Waals surface area contributed by atoms with Gasteiger partial charge in [-0.15, -0.1) is 11.3 Å². The highest BCUT2D eigenvalue weighted by molar-refractivity contribution is 7.20. The summed E-state index contributed by atoms with van der Waals surface area (Å²) in [6.07, 6.45) is 0. The van der Waals surface area contributed by atoms with Crippen molar-refractivity contribution in [2.24, 2.45) is 0 Å². The van der Waals surface area contributed by atoms with E-state index in [4.69, 9.17) is 20.9 Å². The number of hydrogen-bond acceptors (Lipinski definition) is 8. The van der Waals surface area contributed by atoms with Crippen LogP contribution in [0.3, 0.4) is 0 Å².